The minimum absolute atomic E-state index is 0.208. The van der Waals surface area contributed by atoms with Crippen molar-refractivity contribution in [3.8, 4) is 0 Å². The lowest BCUT2D eigenvalue weighted by Crippen LogP contribution is -2.49. The average molecular weight is 271 g/mol. The van der Waals surface area contributed by atoms with Gasteiger partial charge in [0.1, 0.15) is 0 Å². The number of carbonyl (C=O) groups excluding carboxylic acids is 1. The van der Waals surface area contributed by atoms with Crippen molar-refractivity contribution < 1.29 is 18.0 Å². The number of hydrogen-bond donors (Lipinski definition) is 0. The second-order valence-electron chi connectivity index (χ2n) is 5.09. The summed E-state index contributed by atoms with van der Waals surface area (Å²) in [6.45, 7) is 3.08. The Hall–Kier alpha value is -1.52. The van der Waals surface area contributed by atoms with Crippen LogP contribution in [0, 0.1) is 5.92 Å². The van der Waals surface area contributed by atoms with Crippen molar-refractivity contribution in [1.29, 1.82) is 0 Å². The number of carbonyl (C=O) groups is 1. The summed E-state index contributed by atoms with van der Waals surface area (Å²) in [6.07, 6.45) is -4.65. The summed E-state index contributed by atoms with van der Waals surface area (Å²) < 4.78 is 38.1. The second-order valence-corrected chi connectivity index (χ2v) is 5.09. The third-order valence-electron chi connectivity index (χ3n) is 3.56. The first kappa shape index (κ1) is 13.9. The van der Waals surface area contributed by atoms with Crippen molar-refractivity contribution >= 4 is 11.6 Å². The van der Waals surface area contributed by atoms with Gasteiger partial charge in [0, 0.05) is 18.7 Å². The minimum atomic E-state index is -4.26. The van der Waals surface area contributed by atoms with Gasteiger partial charge in [0.2, 0.25) is 5.91 Å². The quantitative estimate of drug-likeness (QED) is 0.765. The van der Waals surface area contributed by atoms with Gasteiger partial charge in [-0.3, -0.25) is 4.79 Å². The molecule has 1 aliphatic rings. The summed E-state index contributed by atoms with van der Waals surface area (Å²) in [5, 5.41) is 0. The molecule has 0 bridgehead atoms. The zero-order valence-electron chi connectivity index (χ0n) is 10.9. The number of nitrogens with zero attached hydrogens (tertiary/aromatic N) is 1. The Bertz CT molecular complexity index is 484. The molecule has 1 aliphatic heterocycles. The van der Waals surface area contributed by atoms with E-state index in [2.05, 4.69) is 0 Å². The van der Waals surface area contributed by atoms with Crippen molar-refractivity contribution in [3.05, 3.63) is 29.8 Å². The van der Waals surface area contributed by atoms with Gasteiger partial charge in [0.05, 0.1) is 6.42 Å². The van der Waals surface area contributed by atoms with E-state index in [4.69, 9.17) is 0 Å². The largest absolute Gasteiger partial charge is 0.391 e. The molecule has 2 nitrogen and oxygen atoms in total. The van der Waals surface area contributed by atoms with Crippen LogP contribution in [-0.2, 0) is 11.2 Å². The van der Waals surface area contributed by atoms with Crippen molar-refractivity contribution in [1.82, 2.24) is 0 Å². The lowest BCUT2D eigenvalue weighted by Gasteiger charge is -2.41. The molecule has 0 fully saturated rings. The maximum absolute atomic E-state index is 12.7. The molecule has 1 aromatic rings. The van der Waals surface area contributed by atoms with Crippen LogP contribution in [0.15, 0.2) is 24.3 Å². The molecular weight excluding hydrogens is 255 g/mol. The molecule has 2 rings (SSSR count). The fourth-order valence-corrected chi connectivity index (χ4v) is 2.77. The fraction of sp³-hybridized carbons (Fsp3) is 0.500. The maximum Gasteiger partial charge on any atom is 0.391 e. The third kappa shape index (κ3) is 2.91. The van der Waals surface area contributed by atoms with E-state index in [1.54, 1.807) is 19.1 Å². The van der Waals surface area contributed by atoms with Gasteiger partial charge in [0.15, 0.2) is 0 Å². The summed E-state index contributed by atoms with van der Waals surface area (Å²) in [4.78, 5) is 13.1. The van der Waals surface area contributed by atoms with Gasteiger partial charge in [-0.05, 0) is 24.0 Å². The summed E-state index contributed by atoms with van der Waals surface area (Å²) >= 11 is 0. The Kier molecular flexibility index (Phi) is 3.56. The molecule has 0 spiro atoms. The van der Waals surface area contributed by atoms with Crippen LogP contribution in [-0.4, -0.2) is 18.1 Å². The summed E-state index contributed by atoms with van der Waals surface area (Å²) in [5.74, 6) is -0.548. The molecule has 0 saturated carbocycles. The zero-order valence-corrected chi connectivity index (χ0v) is 10.9. The van der Waals surface area contributed by atoms with E-state index in [-0.39, 0.29) is 11.8 Å². The molecule has 1 unspecified atom stereocenters. The molecule has 0 aromatic heterocycles. The molecular formula is C14H16F3NO. The number of fused-ring (bicyclic) bond motifs is 1. The Morgan fingerprint density at radius 2 is 2.00 bits per heavy atom. The molecule has 2 atom stereocenters. The van der Waals surface area contributed by atoms with Crippen molar-refractivity contribution in [2.24, 2.45) is 5.92 Å². The van der Waals surface area contributed by atoms with Gasteiger partial charge in [-0.25, -0.2) is 0 Å². The SMILES string of the molecule is CC(=O)N1c2ccccc2CC(C)[C@@H]1CC(F)(F)F. The molecule has 0 aliphatic carbocycles. The van der Waals surface area contributed by atoms with E-state index in [0.717, 1.165) is 5.56 Å². The molecule has 104 valence electrons. The van der Waals surface area contributed by atoms with Crippen LogP contribution in [0.3, 0.4) is 0 Å². The van der Waals surface area contributed by atoms with Crippen molar-refractivity contribution in [3.63, 3.8) is 0 Å². The minimum Gasteiger partial charge on any atom is -0.309 e. The highest BCUT2D eigenvalue weighted by molar-refractivity contribution is 5.93. The van der Waals surface area contributed by atoms with Crippen LogP contribution in [0.1, 0.15) is 25.8 Å². The molecule has 0 radical (unpaired) electrons. The summed E-state index contributed by atoms with van der Waals surface area (Å²) in [5.41, 5.74) is 1.55. The van der Waals surface area contributed by atoms with Crippen LogP contribution < -0.4 is 4.90 Å². The van der Waals surface area contributed by atoms with E-state index >= 15 is 0 Å². The van der Waals surface area contributed by atoms with Crippen LogP contribution in [0.5, 0.6) is 0 Å². The highest BCUT2D eigenvalue weighted by Crippen LogP contribution is 2.38. The van der Waals surface area contributed by atoms with Gasteiger partial charge in [-0.2, -0.15) is 13.2 Å². The normalized spacial score (nSPS) is 23.1. The Labute approximate surface area is 110 Å². The average Bonchev–Trinajstić information content (AvgIpc) is 2.27. The topological polar surface area (TPSA) is 20.3 Å². The Morgan fingerprint density at radius 1 is 1.37 bits per heavy atom. The fourth-order valence-electron chi connectivity index (χ4n) is 2.77. The van der Waals surface area contributed by atoms with Gasteiger partial charge in [0.25, 0.3) is 0 Å². The smallest absolute Gasteiger partial charge is 0.309 e. The number of halogens is 3. The van der Waals surface area contributed by atoms with E-state index in [9.17, 15) is 18.0 Å². The number of benzene rings is 1. The number of para-hydroxylation sites is 1. The van der Waals surface area contributed by atoms with Gasteiger partial charge in [-0.1, -0.05) is 25.1 Å². The highest BCUT2D eigenvalue weighted by atomic mass is 19.4. The van der Waals surface area contributed by atoms with E-state index in [1.807, 2.05) is 12.1 Å². The highest BCUT2D eigenvalue weighted by Gasteiger charge is 2.41. The Balaban J connectivity index is 2.41. The van der Waals surface area contributed by atoms with Crippen LogP contribution in [0.2, 0.25) is 0 Å². The van der Waals surface area contributed by atoms with Crippen LogP contribution in [0.4, 0.5) is 18.9 Å². The lowest BCUT2D eigenvalue weighted by atomic mass is 9.85. The summed E-state index contributed by atoms with van der Waals surface area (Å²) in [7, 11) is 0. The standard InChI is InChI=1S/C14H16F3NO/c1-9-7-11-5-3-4-6-12(11)18(10(2)19)13(9)8-14(15,16)17/h3-6,9,13H,7-8H2,1-2H3/t9?,13-/m0/s1. The first-order valence-electron chi connectivity index (χ1n) is 6.24. The van der Waals surface area contributed by atoms with Crippen molar-refractivity contribution in [2.45, 2.75) is 38.9 Å². The zero-order chi connectivity index (χ0) is 14.2. The lowest BCUT2D eigenvalue weighted by molar-refractivity contribution is -0.142. The first-order valence-corrected chi connectivity index (χ1v) is 6.24. The molecule has 0 saturated heterocycles. The van der Waals surface area contributed by atoms with Gasteiger partial charge < -0.3 is 4.90 Å². The molecule has 19 heavy (non-hydrogen) atoms. The second kappa shape index (κ2) is 4.87. The number of hydrogen-bond acceptors (Lipinski definition) is 1. The van der Waals surface area contributed by atoms with Crippen LogP contribution >= 0.6 is 0 Å². The van der Waals surface area contributed by atoms with Crippen molar-refractivity contribution in [2.75, 3.05) is 4.90 Å². The molecule has 1 heterocycles. The molecule has 1 aromatic carbocycles. The van der Waals surface area contributed by atoms with Crippen LogP contribution in [0.25, 0.3) is 0 Å². The third-order valence-corrected chi connectivity index (χ3v) is 3.56. The number of alkyl halides is 3. The number of amides is 1. The number of anilines is 1. The molecule has 0 N–H and O–H groups in total. The monoisotopic (exact) mass is 271 g/mol. The predicted molar refractivity (Wildman–Crippen MR) is 66.9 cm³/mol. The molecule has 5 heteroatoms. The first-order chi connectivity index (χ1) is 8.79. The van der Waals surface area contributed by atoms with E-state index in [0.29, 0.717) is 12.1 Å². The van der Waals surface area contributed by atoms with Gasteiger partial charge in [-0.15, -0.1) is 0 Å². The van der Waals surface area contributed by atoms with E-state index in [1.165, 1.54) is 11.8 Å². The maximum atomic E-state index is 12.7. The molecule has 1 amide bonds. The van der Waals surface area contributed by atoms with E-state index < -0.39 is 18.6 Å². The predicted octanol–water partition coefficient (Wildman–Crippen LogP) is 3.55. The van der Waals surface area contributed by atoms with Gasteiger partial charge >= 0.3 is 6.18 Å². The number of rotatable bonds is 1. The summed E-state index contributed by atoms with van der Waals surface area (Å²) in [6, 6.07) is 6.35. The Morgan fingerprint density at radius 3 is 2.58 bits per heavy atom.